The van der Waals surface area contributed by atoms with Gasteiger partial charge in [0.2, 0.25) is 0 Å². The molecule has 0 bridgehead atoms. The molecule has 1 atom stereocenters. The Morgan fingerprint density at radius 2 is 1.80 bits per heavy atom. The Morgan fingerprint density at radius 3 is 2.50 bits per heavy atom. The highest BCUT2D eigenvalue weighted by Gasteiger charge is 2.06. The Balaban J connectivity index is 1.97. The van der Waals surface area contributed by atoms with E-state index in [1.165, 1.54) is 0 Å². The van der Waals surface area contributed by atoms with Crippen LogP contribution >= 0.6 is 0 Å². The second-order valence-electron chi connectivity index (χ2n) is 4.34. The molecule has 1 unspecified atom stereocenters. The predicted octanol–water partition coefficient (Wildman–Crippen LogP) is 3.68. The minimum Gasteiger partial charge on any atom is -0.491 e. The molecule has 106 valence electrons. The fraction of sp³-hybridized carbons (Fsp3) is 0.312. The van der Waals surface area contributed by atoms with Crippen molar-refractivity contribution in [2.45, 2.75) is 19.4 Å². The van der Waals surface area contributed by atoms with Gasteiger partial charge in [-0.3, -0.25) is 4.98 Å². The van der Waals surface area contributed by atoms with E-state index in [1.807, 2.05) is 36.4 Å². The first-order valence-corrected chi connectivity index (χ1v) is 6.65. The Hall–Kier alpha value is -2.07. The third-order valence-electron chi connectivity index (χ3n) is 2.92. The van der Waals surface area contributed by atoms with Crippen LogP contribution in [-0.4, -0.2) is 24.8 Å². The molecule has 1 aromatic carbocycles. The Kier molecular flexibility index (Phi) is 5.38. The number of nitrogens with zero attached hydrogens (tertiary/aromatic N) is 1. The van der Waals surface area contributed by atoms with Crippen molar-refractivity contribution in [2.24, 2.45) is 0 Å². The van der Waals surface area contributed by atoms with E-state index in [0.29, 0.717) is 6.61 Å². The van der Waals surface area contributed by atoms with Crippen LogP contribution in [0.15, 0.2) is 48.8 Å². The van der Waals surface area contributed by atoms with Gasteiger partial charge in [-0.05, 0) is 30.7 Å². The molecule has 1 aromatic heterocycles. The highest BCUT2D eigenvalue weighted by atomic mass is 16.5. The molecule has 4 heteroatoms. The van der Waals surface area contributed by atoms with Crippen molar-refractivity contribution in [1.29, 1.82) is 0 Å². The monoisotopic (exact) mass is 273 g/mol. The van der Waals surface area contributed by atoms with Gasteiger partial charge in [0.15, 0.2) is 0 Å². The highest BCUT2D eigenvalue weighted by Crippen LogP contribution is 2.24. The third-order valence-corrected chi connectivity index (χ3v) is 2.92. The Labute approximate surface area is 119 Å². The van der Waals surface area contributed by atoms with Gasteiger partial charge in [0.1, 0.15) is 23.9 Å². The van der Waals surface area contributed by atoms with Gasteiger partial charge in [0.05, 0.1) is 6.10 Å². The van der Waals surface area contributed by atoms with Gasteiger partial charge >= 0.3 is 0 Å². The molecule has 0 spiro atoms. The maximum Gasteiger partial charge on any atom is 0.131 e. The van der Waals surface area contributed by atoms with Gasteiger partial charge in [0, 0.05) is 25.6 Å². The molecule has 0 radical (unpaired) electrons. The van der Waals surface area contributed by atoms with Crippen molar-refractivity contribution in [3.63, 3.8) is 0 Å². The van der Waals surface area contributed by atoms with Gasteiger partial charge in [-0.25, -0.2) is 0 Å². The van der Waals surface area contributed by atoms with Crippen molar-refractivity contribution in [3.05, 3.63) is 48.8 Å². The van der Waals surface area contributed by atoms with Crippen LogP contribution in [0.3, 0.4) is 0 Å². The number of ether oxygens (including phenoxy) is 3. The molecule has 2 aromatic rings. The summed E-state index contributed by atoms with van der Waals surface area (Å²) >= 11 is 0. The van der Waals surface area contributed by atoms with E-state index in [1.54, 1.807) is 19.5 Å². The van der Waals surface area contributed by atoms with Crippen LogP contribution in [0.1, 0.15) is 13.3 Å². The summed E-state index contributed by atoms with van der Waals surface area (Å²) in [5.74, 6) is 2.26. The van der Waals surface area contributed by atoms with Crippen LogP contribution < -0.4 is 9.47 Å². The summed E-state index contributed by atoms with van der Waals surface area (Å²) in [6, 6.07) is 11.2. The summed E-state index contributed by atoms with van der Waals surface area (Å²) < 4.78 is 16.7. The molecule has 0 saturated heterocycles. The lowest BCUT2D eigenvalue weighted by Gasteiger charge is -2.14. The van der Waals surface area contributed by atoms with Gasteiger partial charge in [-0.2, -0.15) is 0 Å². The quantitative estimate of drug-likeness (QED) is 0.771. The normalized spacial score (nSPS) is 11.9. The lowest BCUT2D eigenvalue weighted by molar-refractivity contribution is 0.0555. The molecule has 0 aliphatic rings. The van der Waals surface area contributed by atoms with Crippen molar-refractivity contribution < 1.29 is 14.2 Å². The fourth-order valence-electron chi connectivity index (χ4n) is 1.71. The molecule has 0 N–H and O–H groups in total. The Morgan fingerprint density at radius 1 is 1.05 bits per heavy atom. The summed E-state index contributed by atoms with van der Waals surface area (Å²) in [5.41, 5.74) is 0. The van der Waals surface area contributed by atoms with E-state index < -0.39 is 0 Å². The van der Waals surface area contributed by atoms with E-state index in [0.717, 1.165) is 23.7 Å². The molecule has 0 amide bonds. The van der Waals surface area contributed by atoms with E-state index >= 15 is 0 Å². The van der Waals surface area contributed by atoms with E-state index in [2.05, 4.69) is 11.9 Å². The van der Waals surface area contributed by atoms with Crippen LogP contribution in [0, 0.1) is 0 Å². The molecular weight excluding hydrogens is 254 g/mol. The number of aromatic nitrogens is 1. The number of rotatable bonds is 7. The molecule has 20 heavy (non-hydrogen) atoms. The first-order valence-electron chi connectivity index (χ1n) is 6.65. The summed E-state index contributed by atoms with van der Waals surface area (Å²) in [5, 5.41) is 0. The smallest absolute Gasteiger partial charge is 0.131 e. The van der Waals surface area contributed by atoms with Gasteiger partial charge in [-0.15, -0.1) is 0 Å². The molecule has 0 aliphatic carbocycles. The zero-order chi connectivity index (χ0) is 14.2. The summed E-state index contributed by atoms with van der Waals surface area (Å²) in [6.07, 6.45) is 4.42. The van der Waals surface area contributed by atoms with Gasteiger partial charge in [0.25, 0.3) is 0 Å². The molecule has 0 aliphatic heterocycles. The minimum atomic E-state index is 0.111. The van der Waals surface area contributed by atoms with E-state index in [9.17, 15) is 0 Å². The topological polar surface area (TPSA) is 40.6 Å². The molecular formula is C16H19NO3. The standard InChI is InChI=1S/C16H19NO3/c1-3-13(18-2)12-19-15-5-4-6-16(11-15)20-14-7-9-17-10-8-14/h4-11,13H,3,12H2,1-2H3. The Bertz CT molecular complexity index is 512. The van der Waals surface area contributed by atoms with Crippen LogP contribution in [0.2, 0.25) is 0 Å². The summed E-state index contributed by atoms with van der Waals surface area (Å²) in [4.78, 5) is 3.95. The first-order chi connectivity index (χ1) is 9.81. The van der Waals surface area contributed by atoms with E-state index in [4.69, 9.17) is 14.2 Å². The lowest BCUT2D eigenvalue weighted by atomic mass is 10.3. The number of pyridine rings is 1. The van der Waals surface area contributed by atoms with Crippen molar-refractivity contribution >= 4 is 0 Å². The number of hydrogen-bond acceptors (Lipinski definition) is 4. The molecule has 0 saturated carbocycles. The maximum absolute atomic E-state index is 5.73. The molecule has 0 fully saturated rings. The molecule has 1 heterocycles. The summed E-state index contributed by atoms with van der Waals surface area (Å²) in [7, 11) is 1.69. The van der Waals surface area contributed by atoms with Crippen LogP contribution in [-0.2, 0) is 4.74 Å². The average molecular weight is 273 g/mol. The highest BCUT2D eigenvalue weighted by molar-refractivity contribution is 5.36. The number of methoxy groups -OCH3 is 1. The van der Waals surface area contributed by atoms with Crippen LogP contribution in [0.25, 0.3) is 0 Å². The lowest BCUT2D eigenvalue weighted by Crippen LogP contribution is -2.18. The molecule has 4 nitrogen and oxygen atoms in total. The fourth-order valence-corrected chi connectivity index (χ4v) is 1.71. The predicted molar refractivity (Wildman–Crippen MR) is 77.3 cm³/mol. The SMILES string of the molecule is CCC(COc1cccc(Oc2ccncc2)c1)OC. The van der Waals surface area contributed by atoms with Gasteiger partial charge in [-0.1, -0.05) is 13.0 Å². The van der Waals surface area contributed by atoms with Gasteiger partial charge < -0.3 is 14.2 Å². The first kappa shape index (κ1) is 14.3. The second kappa shape index (κ2) is 7.50. The average Bonchev–Trinajstić information content (AvgIpc) is 2.50. The van der Waals surface area contributed by atoms with E-state index in [-0.39, 0.29) is 6.10 Å². The minimum absolute atomic E-state index is 0.111. The van der Waals surface area contributed by atoms with Crippen molar-refractivity contribution in [3.8, 4) is 17.2 Å². The number of hydrogen-bond donors (Lipinski definition) is 0. The molecule has 2 rings (SSSR count). The maximum atomic E-state index is 5.73. The van der Waals surface area contributed by atoms with Crippen LogP contribution in [0.4, 0.5) is 0 Å². The van der Waals surface area contributed by atoms with Crippen LogP contribution in [0.5, 0.6) is 17.2 Å². The van der Waals surface area contributed by atoms with Crippen molar-refractivity contribution in [2.75, 3.05) is 13.7 Å². The number of benzene rings is 1. The summed E-state index contributed by atoms with van der Waals surface area (Å²) in [6.45, 7) is 2.60. The zero-order valence-electron chi connectivity index (χ0n) is 11.8. The third kappa shape index (κ3) is 4.24. The second-order valence-corrected chi connectivity index (χ2v) is 4.34. The van der Waals surface area contributed by atoms with Crippen molar-refractivity contribution in [1.82, 2.24) is 4.98 Å². The largest absolute Gasteiger partial charge is 0.491 e. The zero-order valence-corrected chi connectivity index (χ0v) is 11.8.